The number of piperazine rings is 1. The van der Waals surface area contributed by atoms with Gasteiger partial charge in [0.15, 0.2) is 0 Å². The van der Waals surface area contributed by atoms with Crippen molar-refractivity contribution in [3.63, 3.8) is 0 Å². The Labute approximate surface area is 251 Å². The smallest absolute Gasteiger partial charge is 0.407 e. The summed E-state index contributed by atoms with van der Waals surface area (Å²) >= 11 is 6.03. The first kappa shape index (κ1) is 30.0. The highest BCUT2D eigenvalue weighted by Crippen LogP contribution is 2.37. The number of likely N-dealkylation sites (tertiary alicyclic amines) is 1. The van der Waals surface area contributed by atoms with Crippen LogP contribution in [0.3, 0.4) is 0 Å². The molecule has 42 heavy (non-hydrogen) atoms. The topological polar surface area (TPSA) is 131 Å². The van der Waals surface area contributed by atoms with Crippen molar-refractivity contribution < 1.29 is 27.9 Å². The first-order valence-corrected chi connectivity index (χ1v) is 16.4. The molecule has 1 saturated carbocycles. The van der Waals surface area contributed by atoms with Crippen LogP contribution in [0.25, 0.3) is 0 Å². The number of nitrogens with zero attached hydrogens (tertiary/aromatic N) is 4. The van der Waals surface area contributed by atoms with Crippen LogP contribution in [0.5, 0.6) is 0 Å². The Kier molecular flexibility index (Phi) is 8.84. The molecule has 2 aromatic rings. The molecule has 3 amide bonds. The van der Waals surface area contributed by atoms with E-state index in [1.54, 1.807) is 17.0 Å². The molecule has 2 saturated heterocycles. The zero-order chi connectivity index (χ0) is 30.0. The van der Waals surface area contributed by atoms with E-state index in [0.717, 1.165) is 29.0 Å². The number of anilines is 2. The van der Waals surface area contributed by atoms with Crippen LogP contribution in [0.1, 0.15) is 18.4 Å². The lowest BCUT2D eigenvalue weighted by atomic mass is 9.98. The van der Waals surface area contributed by atoms with Gasteiger partial charge in [-0.3, -0.25) is 13.9 Å². The van der Waals surface area contributed by atoms with Gasteiger partial charge in [0.1, 0.15) is 6.04 Å². The lowest BCUT2D eigenvalue weighted by Gasteiger charge is -2.40. The average molecular weight is 618 g/mol. The van der Waals surface area contributed by atoms with Crippen molar-refractivity contribution in [1.29, 1.82) is 0 Å². The molecule has 3 aliphatic rings. The van der Waals surface area contributed by atoms with Crippen LogP contribution in [0.15, 0.2) is 48.5 Å². The molecule has 2 N–H and O–H groups in total. The van der Waals surface area contributed by atoms with E-state index in [-0.39, 0.29) is 31.3 Å². The van der Waals surface area contributed by atoms with Gasteiger partial charge in [-0.05, 0) is 48.6 Å². The summed E-state index contributed by atoms with van der Waals surface area (Å²) in [6, 6.07) is 13.7. The van der Waals surface area contributed by atoms with Crippen molar-refractivity contribution in [1.82, 2.24) is 15.1 Å². The lowest BCUT2D eigenvalue weighted by Crippen LogP contribution is -2.60. The number of halogens is 1. The molecular formula is C29H36ClN5O6S. The third kappa shape index (κ3) is 7.09. The molecule has 1 aliphatic carbocycles. The highest BCUT2D eigenvalue weighted by Gasteiger charge is 2.38. The second-order valence-corrected chi connectivity index (χ2v) is 13.7. The Morgan fingerprint density at radius 3 is 2.24 bits per heavy atom. The molecule has 13 heteroatoms. The van der Waals surface area contributed by atoms with Crippen molar-refractivity contribution in [3.05, 3.63) is 59.1 Å². The van der Waals surface area contributed by atoms with Gasteiger partial charge in [-0.15, -0.1) is 0 Å². The Morgan fingerprint density at radius 1 is 1.00 bits per heavy atom. The highest BCUT2D eigenvalue weighted by molar-refractivity contribution is 7.92. The number of carboxylic acid groups (broad SMARTS) is 1. The van der Waals surface area contributed by atoms with Crippen LogP contribution in [0.4, 0.5) is 16.2 Å². The third-order valence-electron chi connectivity index (χ3n) is 8.09. The molecule has 0 spiro atoms. The van der Waals surface area contributed by atoms with Crippen molar-refractivity contribution in [3.8, 4) is 0 Å². The number of para-hydroxylation sites is 2. The highest BCUT2D eigenvalue weighted by atomic mass is 35.5. The first-order valence-electron chi connectivity index (χ1n) is 14.1. The lowest BCUT2D eigenvalue weighted by molar-refractivity contribution is -0.139. The number of amides is 3. The Hall–Kier alpha value is -3.51. The predicted molar refractivity (Wildman–Crippen MR) is 160 cm³/mol. The maximum Gasteiger partial charge on any atom is 0.407 e. The maximum absolute atomic E-state index is 13.8. The van der Waals surface area contributed by atoms with Gasteiger partial charge in [0, 0.05) is 57.3 Å². The molecule has 2 aromatic carbocycles. The number of hydrogen-bond acceptors (Lipinski definition) is 6. The van der Waals surface area contributed by atoms with Crippen molar-refractivity contribution in [2.24, 2.45) is 11.8 Å². The predicted octanol–water partition coefficient (Wildman–Crippen LogP) is 2.50. The van der Waals surface area contributed by atoms with Crippen molar-refractivity contribution >= 4 is 50.9 Å². The minimum atomic E-state index is -3.47. The van der Waals surface area contributed by atoms with Crippen LogP contribution in [0.2, 0.25) is 5.02 Å². The second kappa shape index (κ2) is 12.4. The van der Waals surface area contributed by atoms with E-state index in [2.05, 4.69) is 10.2 Å². The fourth-order valence-electron chi connectivity index (χ4n) is 5.42. The minimum absolute atomic E-state index is 0.104. The summed E-state index contributed by atoms with van der Waals surface area (Å²) in [4.78, 5) is 42.8. The SMILES string of the molecule is CS(=O)(=O)N(CC1CC1)c1ccccc1N1CCN(C(=O)[C@@H](Cc2ccc(Cl)cc2)NC(=O)C2CN(C(=O)O)C2)CC1. The van der Waals surface area contributed by atoms with E-state index in [9.17, 15) is 22.8 Å². The van der Waals surface area contributed by atoms with Crippen LogP contribution in [-0.2, 0) is 26.0 Å². The fraction of sp³-hybridized carbons (Fsp3) is 0.483. The van der Waals surface area contributed by atoms with Crippen LogP contribution in [-0.4, -0.2) is 99.3 Å². The zero-order valence-electron chi connectivity index (χ0n) is 23.5. The summed E-state index contributed by atoms with van der Waals surface area (Å²) in [6.45, 7) is 2.48. The number of nitrogens with one attached hydrogen (secondary N) is 1. The Bertz CT molecular complexity index is 1420. The van der Waals surface area contributed by atoms with Gasteiger partial charge in [-0.2, -0.15) is 0 Å². The van der Waals surface area contributed by atoms with Gasteiger partial charge in [0.2, 0.25) is 21.8 Å². The monoisotopic (exact) mass is 617 g/mol. The molecule has 0 unspecified atom stereocenters. The summed E-state index contributed by atoms with van der Waals surface area (Å²) < 4.78 is 26.9. The van der Waals surface area contributed by atoms with Gasteiger partial charge in [0.25, 0.3) is 0 Å². The van der Waals surface area contributed by atoms with E-state index in [1.807, 2.05) is 36.4 Å². The van der Waals surface area contributed by atoms with Crippen LogP contribution < -0.4 is 14.5 Å². The van der Waals surface area contributed by atoms with Gasteiger partial charge in [-0.1, -0.05) is 35.9 Å². The summed E-state index contributed by atoms with van der Waals surface area (Å²) in [5.74, 6) is -0.679. The van der Waals surface area contributed by atoms with E-state index in [1.165, 1.54) is 10.6 Å². The average Bonchev–Trinajstić information content (AvgIpc) is 3.75. The Balaban J connectivity index is 1.27. The first-order chi connectivity index (χ1) is 20.0. The molecule has 0 bridgehead atoms. The summed E-state index contributed by atoms with van der Waals surface area (Å²) in [5, 5.41) is 12.6. The quantitative estimate of drug-likeness (QED) is 0.419. The minimum Gasteiger partial charge on any atom is -0.465 e. The molecule has 11 nitrogen and oxygen atoms in total. The largest absolute Gasteiger partial charge is 0.465 e. The molecule has 5 rings (SSSR count). The van der Waals surface area contributed by atoms with Crippen LogP contribution in [0, 0.1) is 11.8 Å². The third-order valence-corrected chi connectivity index (χ3v) is 9.49. The number of benzene rings is 2. The van der Waals surface area contributed by atoms with Gasteiger partial charge in [0.05, 0.1) is 23.5 Å². The number of carbonyl (C=O) groups is 3. The number of hydrogen-bond donors (Lipinski definition) is 2. The molecule has 226 valence electrons. The van der Waals surface area contributed by atoms with Gasteiger partial charge < -0.3 is 25.1 Å². The Morgan fingerprint density at radius 2 is 1.64 bits per heavy atom. The number of rotatable bonds is 10. The van der Waals surface area contributed by atoms with E-state index in [4.69, 9.17) is 16.7 Å². The van der Waals surface area contributed by atoms with E-state index in [0.29, 0.717) is 49.4 Å². The molecule has 2 heterocycles. The molecule has 0 aromatic heterocycles. The molecule has 1 atom stereocenters. The van der Waals surface area contributed by atoms with Gasteiger partial charge >= 0.3 is 6.09 Å². The standard InChI is InChI=1S/C29H36ClN5O6S/c1-42(40,41)35(17-21-6-7-21)26-5-3-2-4-25(26)32-12-14-33(15-13-32)28(37)24(16-20-8-10-23(30)11-9-20)31-27(36)22-18-34(19-22)29(38)39/h2-5,8-11,21-22,24H,6-7,12-19H2,1H3,(H,31,36)(H,38,39)/t24-/m1/s1. The normalized spacial score (nSPS) is 18.3. The molecule has 2 aliphatic heterocycles. The second-order valence-electron chi connectivity index (χ2n) is 11.3. The van der Waals surface area contributed by atoms with E-state index < -0.39 is 28.1 Å². The number of carbonyl (C=O) groups excluding carboxylic acids is 2. The maximum atomic E-state index is 13.8. The summed E-state index contributed by atoms with van der Waals surface area (Å²) in [5.41, 5.74) is 2.30. The summed E-state index contributed by atoms with van der Waals surface area (Å²) in [6.07, 6.45) is 2.49. The fourth-order valence-corrected chi connectivity index (χ4v) is 6.54. The molecular weight excluding hydrogens is 582 g/mol. The van der Waals surface area contributed by atoms with Gasteiger partial charge in [-0.25, -0.2) is 13.2 Å². The van der Waals surface area contributed by atoms with Crippen molar-refractivity contribution in [2.45, 2.75) is 25.3 Å². The zero-order valence-corrected chi connectivity index (χ0v) is 25.1. The van der Waals surface area contributed by atoms with Crippen LogP contribution >= 0.6 is 11.6 Å². The van der Waals surface area contributed by atoms with E-state index >= 15 is 0 Å². The summed E-state index contributed by atoms with van der Waals surface area (Å²) in [7, 11) is -3.47. The number of sulfonamides is 1. The molecule has 0 radical (unpaired) electrons. The van der Waals surface area contributed by atoms with Crippen molar-refractivity contribution in [2.75, 3.05) is 61.3 Å². The molecule has 3 fully saturated rings.